The van der Waals surface area contributed by atoms with E-state index in [4.69, 9.17) is 10.5 Å². The van der Waals surface area contributed by atoms with Crippen LogP contribution in [0.25, 0.3) is 0 Å². The summed E-state index contributed by atoms with van der Waals surface area (Å²) in [5, 5.41) is 5.93. The van der Waals surface area contributed by atoms with Gasteiger partial charge in [0.25, 0.3) is 5.91 Å². The number of amides is 2. The average Bonchev–Trinajstić information content (AvgIpc) is 3.12. The first-order valence-electron chi connectivity index (χ1n) is 12.7. The van der Waals surface area contributed by atoms with Crippen molar-refractivity contribution >= 4 is 23.3 Å². The van der Waals surface area contributed by atoms with Gasteiger partial charge in [-0.05, 0) is 31.4 Å². The number of ether oxygens (including phenoxy) is 1. The van der Waals surface area contributed by atoms with Gasteiger partial charge in [0.05, 0.1) is 30.4 Å². The summed E-state index contributed by atoms with van der Waals surface area (Å²) >= 11 is 0. The van der Waals surface area contributed by atoms with Crippen LogP contribution < -0.4 is 5.73 Å². The van der Waals surface area contributed by atoms with Crippen LogP contribution >= 0.6 is 0 Å². The van der Waals surface area contributed by atoms with E-state index in [9.17, 15) is 14.4 Å². The zero-order chi connectivity index (χ0) is 26.6. The van der Waals surface area contributed by atoms with Crippen molar-refractivity contribution in [1.82, 2.24) is 9.91 Å². The minimum atomic E-state index is -1.06. The lowest BCUT2D eigenvalue weighted by atomic mass is 9.73. The molecule has 0 aliphatic carbocycles. The molecule has 1 saturated heterocycles. The number of piperidine rings is 1. The Morgan fingerprint density at radius 1 is 1.08 bits per heavy atom. The fourth-order valence-corrected chi connectivity index (χ4v) is 5.07. The Bertz CT molecular complexity index is 1160. The average molecular weight is 505 g/mol. The maximum absolute atomic E-state index is 13.9. The summed E-state index contributed by atoms with van der Waals surface area (Å²) in [5.74, 6) is -1.20. The Morgan fingerprint density at radius 3 is 2.32 bits per heavy atom. The Morgan fingerprint density at radius 2 is 1.70 bits per heavy atom. The standard InChI is InChI=1S/C29H36N4O4/c1-28(2,30)25(34)16-23(19-37-18-22-12-8-5-9-13-22)26(35)33-15-14-24-29(20-33,27(36)32(3)31-24)17-21-10-6-4-7-11-21/h4-13,23H,14-20,30H2,1-3H3/t23-,29-/m1/s1. The van der Waals surface area contributed by atoms with Crippen molar-refractivity contribution in [1.29, 1.82) is 0 Å². The molecule has 0 radical (unpaired) electrons. The summed E-state index contributed by atoms with van der Waals surface area (Å²) in [6, 6.07) is 19.5. The third-order valence-electron chi connectivity index (χ3n) is 7.20. The number of Topliss-reactive ketones (excluding diaryl/α,β-unsaturated/α-hetero) is 1. The lowest BCUT2D eigenvalue weighted by Gasteiger charge is -2.40. The molecule has 1 fully saturated rings. The topological polar surface area (TPSA) is 105 Å². The second kappa shape index (κ2) is 10.9. The first-order valence-corrected chi connectivity index (χ1v) is 12.7. The Labute approximate surface area is 218 Å². The summed E-state index contributed by atoms with van der Waals surface area (Å²) in [7, 11) is 1.66. The molecule has 0 bridgehead atoms. The molecule has 0 aromatic heterocycles. The number of ketones is 1. The number of rotatable bonds is 10. The quantitative estimate of drug-likeness (QED) is 0.536. The molecule has 0 saturated carbocycles. The third-order valence-corrected chi connectivity index (χ3v) is 7.20. The van der Waals surface area contributed by atoms with E-state index in [1.54, 1.807) is 25.8 Å². The number of hydrazone groups is 1. The zero-order valence-electron chi connectivity index (χ0n) is 21.9. The van der Waals surface area contributed by atoms with Gasteiger partial charge in [-0.1, -0.05) is 60.7 Å². The highest BCUT2D eigenvalue weighted by molar-refractivity contribution is 6.13. The Hall–Kier alpha value is -3.36. The number of nitrogens with two attached hydrogens (primary N) is 1. The van der Waals surface area contributed by atoms with E-state index in [1.165, 1.54) is 5.01 Å². The van der Waals surface area contributed by atoms with E-state index >= 15 is 0 Å². The summed E-state index contributed by atoms with van der Waals surface area (Å²) in [6.45, 7) is 4.37. The lowest BCUT2D eigenvalue weighted by Crippen LogP contribution is -2.57. The minimum absolute atomic E-state index is 0.0197. The molecular formula is C29H36N4O4. The number of benzene rings is 2. The molecule has 4 rings (SSSR count). The van der Waals surface area contributed by atoms with Gasteiger partial charge in [0.1, 0.15) is 5.41 Å². The van der Waals surface area contributed by atoms with Crippen LogP contribution in [0.3, 0.4) is 0 Å². The maximum atomic E-state index is 13.9. The first kappa shape index (κ1) is 26.7. The number of hydrogen-bond donors (Lipinski definition) is 1. The van der Waals surface area contributed by atoms with Gasteiger partial charge < -0.3 is 15.4 Å². The molecule has 8 nitrogen and oxygen atoms in total. The number of likely N-dealkylation sites (tertiary alicyclic amines) is 1. The molecular weight excluding hydrogens is 468 g/mol. The predicted molar refractivity (Wildman–Crippen MR) is 141 cm³/mol. The normalized spacial score (nSPS) is 20.4. The van der Waals surface area contributed by atoms with Crippen molar-refractivity contribution in [3.63, 3.8) is 0 Å². The molecule has 2 amide bonds. The van der Waals surface area contributed by atoms with Crippen LogP contribution in [-0.2, 0) is 32.1 Å². The van der Waals surface area contributed by atoms with E-state index < -0.39 is 16.9 Å². The summed E-state index contributed by atoms with van der Waals surface area (Å²) in [5.41, 5.74) is 6.90. The zero-order valence-corrected chi connectivity index (χ0v) is 21.9. The maximum Gasteiger partial charge on any atom is 0.256 e. The number of carbonyl (C=O) groups excluding carboxylic acids is 3. The fraction of sp³-hybridized carbons (Fsp3) is 0.448. The molecule has 0 unspecified atom stereocenters. The van der Waals surface area contributed by atoms with Gasteiger partial charge in [0, 0.05) is 33.0 Å². The SMILES string of the molecule is CN1N=C2CCN(C(=O)[C@@H](COCc3ccccc3)CC(=O)C(C)(C)N)C[C@@]2(Cc2ccccc2)C1=O. The van der Waals surface area contributed by atoms with Crippen molar-refractivity contribution in [2.45, 2.75) is 45.3 Å². The van der Waals surface area contributed by atoms with E-state index in [0.29, 0.717) is 26.0 Å². The van der Waals surface area contributed by atoms with E-state index in [-0.39, 0.29) is 37.2 Å². The summed E-state index contributed by atoms with van der Waals surface area (Å²) in [4.78, 5) is 41.8. The van der Waals surface area contributed by atoms with Gasteiger partial charge in [-0.15, -0.1) is 0 Å². The highest BCUT2D eigenvalue weighted by Gasteiger charge is 2.53. The monoisotopic (exact) mass is 504 g/mol. The number of carbonyl (C=O) groups is 3. The van der Waals surface area contributed by atoms with Crippen molar-refractivity contribution in [2.75, 3.05) is 26.7 Å². The largest absolute Gasteiger partial charge is 0.376 e. The van der Waals surface area contributed by atoms with E-state index in [1.807, 2.05) is 60.7 Å². The smallest absolute Gasteiger partial charge is 0.256 e. The molecule has 8 heteroatoms. The number of hydrogen-bond acceptors (Lipinski definition) is 6. The van der Waals surface area contributed by atoms with Crippen molar-refractivity contribution < 1.29 is 19.1 Å². The Balaban J connectivity index is 1.54. The molecule has 2 aliphatic rings. The highest BCUT2D eigenvalue weighted by atomic mass is 16.5. The van der Waals surface area contributed by atoms with Gasteiger partial charge in [-0.25, -0.2) is 5.01 Å². The molecule has 2 atom stereocenters. The van der Waals surface area contributed by atoms with Gasteiger partial charge >= 0.3 is 0 Å². The van der Waals surface area contributed by atoms with Crippen molar-refractivity contribution in [3.05, 3.63) is 71.8 Å². The molecule has 2 heterocycles. The number of fused-ring (bicyclic) bond motifs is 1. The van der Waals surface area contributed by atoms with Crippen molar-refractivity contribution in [3.8, 4) is 0 Å². The fourth-order valence-electron chi connectivity index (χ4n) is 5.07. The van der Waals surface area contributed by atoms with E-state index in [0.717, 1.165) is 16.8 Å². The van der Waals surface area contributed by atoms with Crippen LogP contribution in [0.4, 0.5) is 0 Å². The van der Waals surface area contributed by atoms with Crippen LogP contribution in [0.2, 0.25) is 0 Å². The third kappa shape index (κ3) is 5.97. The number of nitrogens with zero attached hydrogens (tertiary/aromatic N) is 3. The first-order chi connectivity index (χ1) is 17.6. The van der Waals surface area contributed by atoms with Gasteiger partial charge in [-0.2, -0.15) is 5.10 Å². The minimum Gasteiger partial charge on any atom is -0.376 e. The molecule has 196 valence electrons. The van der Waals surface area contributed by atoms with Crippen molar-refractivity contribution in [2.24, 2.45) is 22.2 Å². The molecule has 37 heavy (non-hydrogen) atoms. The van der Waals surface area contributed by atoms with Gasteiger partial charge in [0.2, 0.25) is 5.91 Å². The molecule has 2 aromatic rings. The van der Waals surface area contributed by atoms with Crippen LogP contribution in [0.15, 0.2) is 65.8 Å². The molecule has 2 aromatic carbocycles. The van der Waals surface area contributed by atoms with Gasteiger partial charge in [-0.3, -0.25) is 14.4 Å². The van der Waals surface area contributed by atoms with Crippen LogP contribution in [0, 0.1) is 11.3 Å². The summed E-state index contributed by atoms with van der Waals surface area (Å²) in [6.07, 6.45) is 0.945. The van der Waals surface area contributed by atoms with Crippen LogP contribution in [0.5, 0.6) is 0 Å². The van der Waals surface area contributed by atoms with E-state index in [2.05, 4.69) is 5.10 Å². The predicted octanol–water partition coefficient (Wildman–Crippen LogP) is 2.81. The lowest BCUT2D eigenvalue weighted by molar-refractivity contribution is -0.145. The van der Waals surface area contributed by atoms with Crippen LogP contribution in [-0.4, -0.2) is 65.5 Å². The Kier molecular flexibility index (Phi) is 7.90. The van der Waals surface area contributed by atoms with Crippen LogP contribution in [0.1, 0.15) is 37.8 Å². The summed E-state index contributed by atoms with van der Waals surface area (Å²) < 4.78 is 5.91. The molecule has 2 aliphatic heterocycles. The molecule has 0 spiro atoms. The highest BCUT2D eigenvalue weighted by Crippen LogP contribution is 2.38. The van der Waals surface area contributed by atoms with Gasteiger partial charge in [0.15, 0.2) is 5.78 Å². The molecule has 2 N–H and O–H groups in total. The second-order valence-electron chi connectivity index (χ2n) is 10.7. The second-order valence-corrected chi connectivity index (χ2v) is 10.7.